The summed E-state index contributed by atoms with van der Waals surface area (Å²) >= 11 is 0. The summed E-state index contributed by atoms with van der Waals surface area (Å²) in [5.74, 6) is 0.866. The number of nitrogens with zero attached hydrogens (tertiary/aromatic N) is 2. The van der Waals surface area contributed by atoms with Crippen molar-refractivity contribution in [2.24, 2.45) is 5.92 Å². The Morgan fingerprint density at radius 3 is 2.83 bits per heavy atom. The van der Waals surface area contributed by atoms with E-state index in [-0.39, 0.29) is 0 Å². The van der Waals surface area contributed by atoms with E-state index in [9.17, 15) is 0 Å². The van der Waals surface area contributed by atoms with Gasteiger partial charge >= 0.3 is 0 Å². The molecule has 18 heavy (non-hydrogen) atoms. The van der Waals surface area contributed by atoms with Gasteiger partial charge in [-0.15, -0.1) is 0 Å². The lowest BCUT2D eigenvalue weighted by Crippen LogP contribution is -2.26. The van der Waals surface area contributed by atoms with E-state index in [0.29, 0.717) is 6.04 Å². The van der Waals surface area contributed by atoms with E-state index in [0.717, 1.165) is 29.2 Å². The first-order valence-corrected chi connectivity index (χ1v) is 6.75. The number of fused-ring (bicyclic) bond motifs is 1. The van der Waals surface area contributed by atoms with Crippen LogP contribution in [0.5, 0.6) is 0 Å². The largest absolute Gasteiger partial charge is 0.308 e. The summed E-state index contributed by atoms with van der Waals surface area (Å²) in [6.07, 6.45) is 5.82. The smallest absolute Gasteiger partial charge is 0.0890 e. The van der Waals surface area contributed by atoms with Gasteiger partial charge in [0.05, 0.1) is 22.9 Å². The third-order valence-electron chi connectivity index (χ3n) is 3.77. The van der Waals surface area contributed by atoms with Crippen LogP contribution in [0.3, 0.4) is 0 Å². The van der Waals surface area contributed by atoms with E-state index in [2.05, 4.69) is 22.2 Å². The number of hydrogen-bond donors (Lipinski definition) is 1. The molecule has 1 aromatic carbocycles. The second-order valence-electron chi connectivity index (χ2n) is 5.35. The number of aromatic nitrogens is 2. The highest BCUT2D eigenvalue weighted by Crippen LogP contribution is 2.24. The molecule has 1 aliphatic carbocycles. The van der Waals surface area contributed by atoms with Gasteiger partial charge in [-0.05, 0) is 37.3 Å². The molecule has 1 saturated carbocycles. The van der Waals surface area contributed by atoms with Crippen LogP contribution in [0.25, 0.3) is 11.0 Å². The Bertz CT molecular complexity index is 538. The minimum absolute atomic E-state index is 0.660. The predicted octanol–water partition coefficient (Wildman–Crippen LogP) is 2.91. The number of benzene rings is 1. The Morgan fingerprint density at radius 1 is 1.22 bits per heavy atom. The van der Waals surface area contributed by atoms with Crippen LogP contribution in [0.2, 0.25) is 0 Å². The molecule has 3 heteroatoms. The van der Waals surface area contributed by atoms with Gasteiger partial charge in [-0.1, -0.05) is 19.1 Å². The summed E-state index contributed by atoms with van der Waals surface area (Å²) in [6, 6.07) is 8.68. The Balaban J connectivity index is 1.67. The highest BCUT2D eigenvalue weighted by Gasteiger charge is 2.20. The van der Waals surface area contributed by atoms with Gasteiger partial charge in [0.1, 0.15) is 0 Å². The fourth-order valence-electron chi connectivity index (χ4n) is 2.72. The number of nitrogens with one attached hydrogen (secondary N) is 1. The summed E-state index contributed by atoms with van der Waals surface area (Å²) in [6.45, 7) is 3.16. The van der Waals surface area contributed by atoms with Crippen molar-refractivity contribution in [3.05, 3.63) is 36.2 Å². The maximum absolute atomic E-state index is 4.63. The normalized spacial score (nSPS) is 23.6. The Hall–Kier alpha value is -1.48. The fraction of sp³-hybridized carbons (Fsp3) is 0.467. The molecule has 2 aromatic rings. The molecule has 0 radical (unpaired) electrons. The first-order chi connectivity index (χ1) is 8.81. The van der Waals surface area contributed by atoms with E-state index in [4.69, 9.17) is 0 Å². The molecule has 1 heterocycles. The molecular formula is C15H19N3. The van der Waals surface area contributed by atoms with E-state index in [1.165, 1.54) is 19.3 Å². The highest BCUT2D eigenvalue weighted by molar-refractivity contribution is 5.73. The lowest BCUT2D eigenvalue weighted by molar-refractivity contribution is 0.498. The number of hydrogen-bond acceptors (Lipinski definition) is 3. The number of rotatable bonds is 3. The average Bonchev–Trinajstić information content (AvgIpc) is 2.82. The zero-order valence-electron chi connectivity index (χ0n) is 10.8. The Labute approximate surface area is 108 Å². The third kappa shape index (κ3) is 2.51. The van der Waals surface area contributed by atoms with Crippen molar-refractivity contribution in [3.8, 4) is 0 Å². The van der Waals surface area contributed by atoms with E-state index in [1.54, 1.807) is 0 Å². The van der Waals surface area contributed by atoms with Crippen LogP contribution >= 0.6 is 0 Å². The molecule has 94 valence electrons. The maximum Gasteiger partial charge on any atom is 0.0890 e. The van der Waals surface area contributed by atoms with Gasteiger partial charge in [0.2, 0.25) is 0 Å². The van der Waals surface area contributed by atoms with E-state index >= 15 is 0 Å². The van der Waals surface area contributed by atoms with E-state index < -0.39 is 0 Å². The van der Waals surface area contributed by atoms with Crippen LogP contribution in [-0.4, -0.2) is 16.0 Å². The predicted molar refractivity (Wildman–Crippen MR) is 73.2 cm³/mol. The van der Waals surface area contributed by atoms with Crippen LogP contribution in [0.1, 0.15) is 31.9 Å². The molecule has 1 fully saturated rings. The van der Waals surface area contributed by atoms with Crippen LogP contribution in [0.15, 0.2) is 30.5 Å². The Kier molecular flexibility index (Phi) is 3.24. The molecular weight excluding hydrogens is 222 g/mol. The van der Waals surface area contributed by atoms with Crippen LogP contribution in [0.4, 0.5) is 0 Å². The lowest BCUT2D eigenvalue weighted by atomic mass is 10.1. The molecule has 1 aromatic heterocycles. The number of para-hydroxylation sites is 2. The lowest BCUT2D eigenvalue weighted by Gasteiger charge is -2.11. The van der Waals surface area contributed by atoms with Crippen molar-refractivity contribution < 1.29 is 0 Å². The highest BCUT2D eigenvalue weighted by atomic mass is 14.9. The summed E-state index contributed by atoms with van der Waals surface area (Å²) in [7, 11) is 0. The van der Waals surface area contributed by atoms with Gasteiger partial charge in [0.15, 0.2) is 0 Å². The zero-order chi connectivity index (χ0) is 12.4. The minimum atomic E-state index is 0.660. The van der Waals surface area contributed by atoms with Crippen molar-refractivity contribution in [1.29, 1.82) is 0 Å². The molecule has 3 rings (SSSR count). The molecule has 1 N–H and O–H groups in total. The molecule has 1 aliphatic rings. The quantitative estimate of drug-likeness (QED) is 0.898. The molecule has 0 amide bonds. The van der Waals surface area contributed by atoms with Crippen molar-refractivity contribution in [2.75, 3.05) is 0 Å². The fourth-order valence-corrected chi connectivity index (χ4v) is 2.72. The first-order valence-electron chi connectivity index (χ1n) is 6.75. The molecule has 0 spiro atoms. The summed E-state index contributed by atoms with van der Waals surface area (Å²) < 4.78 is 0. The molecule has 0 bridgehead atoms. The average molecular weight is 241 g/mol. The molecule has 2 atom stereocenters. The Morgan fingerprint density at radius 2 is 2.06 bits per heavy atom. The summed E-state index contributed by atoms with van der Waals surface area (Å²) in [4.78, 5) is 9.07. The zero-order valence-corrected chi connectivity index (χ0v) is 10.8. The first kappa shape index (κ1) is 11.6. The molecule has 0 saturated heterocycles. The standard InChI is InChI=1S/C15H19N3/c1-11-6-7-12(8-11)16-9-13-10-17-14-4-2-3-5-15(14)18-13/h2-5,10-12,16H,6-9H2,1H3. The van der Waals surface area contributed by atoms with Crippen LogP contribution in [-0.2, 0) is 6.54 Å². The van der Waals surface area contributed by atoms with Crippen LogP contribution < -0.4 is 5.32 Å². The van der Waals surface area contributed by atoms with Crippen molar-refractivity contribution in [1.82, 2.24) is 15.3 Å². The van der Waals surface area contributed by atoms with Gasteiger partial charge in [-0.25, -0.2) is 4.98 Å². The van der Waals surface area contributed by atoms with Gasteiger partial charge in [0.25, 0.3) is 0 Å². The van der Waals surface area contributed by atoms with Crippen molar-refractivity contribution in [2.45, 2.75) is 38.8 Å². The van der Waals surface area contributed by atoms with Crippen molar-refractivity contribution >= 4 is 11.0 Å². The molecule has 3 nitrogen and oxygen atoms in total. The second kappa shape index (κ2) is 5.02. The maximum atomic E-state index is 4.63. The monoisotopic (exact) mass is 241 g/mol. The van der Waals surface area contributed by atoms with Gasteiger partial charge < -0.3 is 5.32 Å². The van der Waals surface area contributed by atoms with Gasteiger partial charge in [-0.3, -0.25) is 4.98 Å². The molecule has 0 aliphatic heterocycles. The molecule has 2 unspecified atom stereocenters. The third-order valence-corrected chi connectivity index (χ3v) is 3.77. The van der Waals surface area contributed by atoms with Crippen molar-refractivity contribution in [3.63, 3.8) is 0 Å². The minimum Gasteiger partial charge on any atom is -0.308 e. The van der Waals surface area contributed by atoms with Gasteiger partial charge in [-0.2, -0.15) is 0 Å². The second-order valence-corrected chi connectivity index (χ2v) is 5.35. The van der Waals surface area contributed by atoms with E-state index in [1.807, 2.05) is 30.5 Å². The summed E-state index contributed by atoms with van der Waals surface area (Å²) in [5, 5.41) is 3.59. The van der Waals surface area contributed by atoms with Crippen LogP contribution in [0, 0.1) is 5.92 Å². The SMILES string of the molecule is CC1CCC(NCc2cnc3ccccc3n2)C1. The summed E-state index contributed by atoms with van der Waals surface area (Å²) in [5.41, 5.74) is 2.99. The topological polar surface area (TPSA) is 37.8 Å². The van der Waals surface area contributed by atoms with Gasteiger partial charge in [0, 0.05) is 12.6 Å².